The van der Waals surface area contributed by atoms with Gasteiger partial charge in [-0.15, -0.1) is 5.10 Å². The molecule has 3 heterocycles. The molecule has 1 fully saturated rings. The van der Waals surface area contributed by atoms with E-state index in [4.69, 9.17) is 0 Å². The van der Waals surface area contributed by atoms with E-state index in [1.807, 2.05) is 13.8 Å². The molecule has 2 aromatic heterocycles. The first-order valence-electron chi connectivity index (χ1n) is 10.2. The normalized spacial score (nSPS) is 16.7. The van der Waals surface area contributed by atoms with Crippen LogP contribution in [-0.4, -0.2) is 67.5 Å². The quantitative estimate of drug-likeness (QED) is 0.714. The van der Waals surface area contributed by atoms with Crippen molar-refractivity contribution in [3.63, 3.8) is 0 Å². The predicted molar refractivity (Wildman–Crippen MR) is 106 cm³/mol. The fourth-order valence-electron chi connectivity index (χ4n) is 3.98. The number of aromatic nitrogens is 4. The van der Waals surface area contributed by atoms with Crippen LogP contribution in [0.25, 0.3) is 5.78 Å². The van der Waals surface area contributed by atoms with Crippen LogP contribution in [0.15, 0.2) is 0 Å². The van der Waals surface area contributed by atoms with Crippen molar-refractivity contribution in [2.75, 3.05) is 26.2 Å². The SMILES string of the molecule is Cc1nc2nc(C(F)(F)F)nn2c(C)c1CCC(=O)N1CCN(C(C#N)C(C)C)CC1. The second-order valence-corrected chi connectivity index (χ2v) is 8.14. The molecule has 0 spiro atoms. The number of carbonyl (C=O) groups excluding carboxylic acids is 1. The number of hydrogen-bond donors (Lipinski definition) is 0. The molecule has 31 heavy (non-hydrogen) atoms. The number of nitriles is 1. The first-order valence-corrected chi connectivity index (χ1v) is 10.2. The molecule has 1 saturated heterocycles. The Bertz CT molecular complexity index is 1000. The molecule has 1 aliphatic heterocycles. The van der Waals surface area contributed by atoms with Gasteiger partial charge < -0.3 is 4.90 Å². The lowest BCUT2D eigenvalue weighted by atomic mass is 10.0. The number of hydrogen-bond acceptors (Lipinski definition) is 6. The molecule has 11 heteroatoms. The molecular weight excluding hydrogens is 411 g/mol. The van der Waals surface area contributed by atoms with Crippen LogP contribution in [0.1, 0.15) is 43.0 Å². The van der Waals surface area contributed by atoms with Crippen molar-refractivity contribution in [3.05, 3.63) is 22.8 Å². The fourth-order valence-corrected chi connectivity index (χ4v) is 3.98. The average molecular weight is 437 g/mol. The van der Waals surface area contributed by atoms with E-state index in [-0.39, 0.29) is 30.1 Å². The molecule has 3 rings (SSSR count). The Kier molecular flexibility index (Phi) is 6.50. The standard InChI is InChI=1S/C20H26F3N7O/c1-12(2)16(11-24)28-7-9-29(10-8-28)17(31)6-5-15-13(3)25-19-26-18(20(21,22)23)27-30(19)14(15)4/h12,16H,5-10H2,1-4H3. The van der Waals surface area contributed by atoms with Gasteiger partial charge in [0.2, 0.25) is 5.91 Å². The molecule has 1 unspecified atom stereocenters. The molecule has 0 N–H and O–H groups in total. The molecular formula is C20H26F3N7O. The number of nitrogens with zero attached hydrogens (tertiary/aromatic N) is 7. The molecule has 0 aliphatic carbocycles. The van der Waals surface area contributed by atoms with Crippen LogP contribution in [0, 0.1) is 31.1 Å². The number of alkyl halides is 3. The molecule has 0 saturated carbocycles. The summed E-state index contributed by atoms with van der Waals surface area (Å²) in [6, 6.07) is 2.17. The van der Waals surface area contributed by atoms with E-state index in [1.165, 1.54) is 0 Å². The van der Waals surface area contributed by atoms with E-state index in [2.05, 4.69) is 26.0 Å². The van der Waals surface area contributed by atoms with Gasteiger partial charge in [-0.25, -0.2) is 9.50 Å². The zero-order valence-corrected chi connectivity index (χ0v) is 18.1. The van der Waals surface area contributed by atoms with Crippen LogP contribution in [0.5, 0.6) is 0 Å². The molecule has 0 radical (unpaired) electrons. The van der Waals surface area contributed by atoms with Crippen LogP contribution in [0.2, 0.25) is 0 Å². The van der Waals surface area contributed by atoms with Gasteiger partial charge in [-0.3, -0.25) is 9.69 Å². The molecule has 1 amide bonds. The number of fused-ring (bicyclic) bond motifs is 1. The van der Waals surface area contributed by atoms with E-state index < -0.39 is 12.0 Å². The molecule has 8 nitrogen and oxygen atoms in total. The van der Waals surface area contributed by atoms with Crippen molar-refractivity contribution in [1.82, 2.24) is 29.4 Å². The average Bonchev–Trinajstić information content (AvgIpc) is 3.13. The zero-order chi connectivity index (χ0) is 22.9. The van der Waals surface area contributed by atoms with Gasteiger partial charge in [-0.05, 0) is 31.7 Å². The highest BCUT2D eigenvalue weighted by molar-refractivity contribution is 5.76. The molecule has 0 bridgehead atoms. The Hall–Kier alpha value is -2.74. The van der Waals surface area contributed by atoms with E-state index in [0.29, 0.717) is 49.6 Å². The number of amides is 1. The van der Waals surface area contributed by atoms with E-state index in [1.54, 1.807) is 18.7 Å². The summed E-state index contributed by atoms with van der Waals surface area (Å²) in [6.45, 7) is 9.76. The Balaban J connectivity index is 1.66. The highest BCUT2D eigenvalue weighted by Crippen LogP contribution is 2.27. The van der Waals surface area contributed by atoms with Crippen LogP contribution >= 0.6 is 0 Å². The number of aryl methyl sites for hydroxylation is 2. The summed E-state index contributed by atoms with van der Waals surface area (Å²) in [7, 11) is 0. The van der Waals surface area contributed by atoms with E-state index >= 15 is 0 Å². The van der Waals surface area contributed by atoms with Crippen molar-refractivity contribution in [1.29, 1.82) is 5.26 Å². The number of piperazine rings is 1. The third-order valence-corrected chi connectivity index (χ3v) is 5.72. The molecule has 1 atom stereocenters. The summed E-state index contributed by atoms with van der Waals surface area (Å²) < 4.78 is 39.9. The number of rotatable bonds is 5. The van der Waals surface area contributed by atoms with Gasteiger partial charge in [0.05, 0.1) is 6.07 Å². The Labute approximate surface area is 178 Å². The predicted octanol–water partition coefficient (Wildman–Crippen LogP) is 2.38. The summed E-state index contributed by atoms with van der Waals surface area (Å²) in [5, 5.41) is 12.9. The molecule has 2 aromatic rings. The first-order chi connectivity index (χ1) is 14.5. The Morgan fingerprint density at radius 1 is 1.16 bits per heavy atom. The number of halogens is 3. The lowest BCUT2D eigenvalue weighted by Crippen LogP contribution is -2.52. The van der Waals surface area contributed by atoms with E-state index in [0.717, 1.165) is 4.52 Å². The van der Waals surface area contributed by atoms with Crippen molar-refractivity contribution >= 4 is 11.7 Å². The third kappa shape index (κ3) is 4.79. The largest absolute Gasteiger partial charge is 0.453 e. The monoisotopic (exact) mass is 437 g/mol. The van der Waals surface area contributed by atoms with Gasteiger partial charge in [-0.1, -0.05) is 13.8 Å². The van der Waals surface area contributed by atoms with Crippen LogP contribution in [0.3, 0.4) is 0 Å². The van der Waals surface area contributed by atoms with Gasteiger partial charge in [0, 0.05) is 44.0 Å². The number of carbonyl (C=O) groups is 1. The summed E-state index contributed by atoms with van der Waals surface area (Å²) in [6.07, 6.45) is -4.07. The molecule has 168 valence electrons. The van der Waals surface area contributed by atoms with Crippen molar-refractivity contribution in [3.8, 4) is 6.07 Å². The van der Waals surface area contributed by atoms with Gasteiger partial charge in [0.1, 0.15) is 6.04 Å². The maximum absolute atomic E-state index is 12.9. The summed E-state index contributed by atoms with van der Waals surface area (Å²) in [5.41, 5.74) is 1.73. The second kappa shape index (κ2) is 8.78. The third-order valence-electron chi connectivity index (χ3n) is 5.72. The van der Waals surface area contributed by atoms with Crippen molar-refractivity contribution in [2.45, 2.75) is 52.8 Å². The maximum atomic E-state index is 12.9. The highest BCUT2D eigenvalue weighted by atomic mass is 19.4. The van der Waals surface area contributed by atoms with Gasteiger partial charge in [0.25, 0.3) is 11.6 Å². The lowest BCUT2D eigenvalue weighted by Gasteiger charge is -2.38. The zero-order valence-electron chi connectivity index (χ0n) is 18.1. The van der Waals surface area contributed by atoms with Crippen molar-refractivity contribution in [2.24, 2.45) is 5.92 Å². The molecule has 0 aromatic carbocycles. The highest BCUT2D eigenvalue weighted by Gasteiger charge is 2.37. The summed E-state index contributed by atoms with van der Waals surface area (Å²) >= 11 is 0. The second-order valence-electron chi connectivity index (χ2n) is 8.14. The minimum atomic E-state index is -4.65. The van der Waals surface area contributed by atoms with E-state index in [9.17, 15) is 23.2 Å². The maximum Gasteiger partial charge on any atom is 0.453 e. The molecule has 1 aliphatic rings. The fraction of sp³-hybridized carbons (Fsp3) is 0.650. The van der Waals surface area contributed by atoms with Gasteiger partial charge in [0.15, 0.2) is 0 Å². The summed E-state index contributed by atoms with van der Waals surface area (Å²) in [5.74, 6) is -1.14. The smallest absolute Gasteiger partial charge is 0.340 e. The first kappa shape index (κ1) is 22.9. The van der Waals surface area contributed by atoms with Crippen LogP contribution in [0.4, 0.5) is 13.2 Å². The van der Waals surface area contributed by atoms with Crippen LogP contribution in [-0.2, 0) is 17.4 Å². The summed E-state index contributed by atoms with van der Waals surface area (Å²) in [4.78, 5) is 24.2. The Morgan fingerprint density at radius 2 is 1.81 bits per heavy atom. The topological polar surface area (TPSA) is 90.4 Å². The lowest BCUT2D eigenvalue weighted by molar-refractivity contribution is -0.144. The minimum Gasteiger partial charge on any atom is -0.340 e. The van der Waals surface area contributed by atoms with Crippen molar-refractivity contribution < 1.29 is 18.0 Å². The van der Waals surface area contributed by atoms with Crippen LogP contribution < -0.4 is 0 Å². The van der Waals surface area contributed by atoms with Gasteiger partial charge in [-0.2, -0.15) is 23.4 Å². The van der Waals surface area contributed by atoms with Gasteiger partial charge >= 0.3 is 6.18 Å². The minimum absolute atomic E-state index is 0.0221. The Morgan fingerprint density at radius 3 is 2.35 bits per heavy atom.